The number of carbonyl (C=O) groups excluding carboxylic acids is 2. The van der Waals surface area contributed by atoms with Gasteiger partial charge >= 0.3 is 6.09 Å². The fraction of sp³-hybridized carbons (Fsp3) is 0.422. The molecule has 0 unspecified atom stereocenters. The standard InChI is InChI=1S/C45H57N3O3S/c1-8-34(4)41(42(49)47(33(2)3)31-35-21-13-9-14-22-35)46-30-39-29-40(32-48(39)43(50)51-44(5,6)7)52-45(36-23-15-10-16-24-36,37-25-17-11-18-26-37)38-27-19-12-20-28-38/h9-28,33-34,39-41,46H,8,29-32H2,1-7H3/t34-,39+,40+,41-/m0/s1. The van der Waals surface area contributed by atoms with Crippen molar-refractivity contribution in [2.75, 3.05) is 13.1 Å². The molecule has 0 spiro atoms. The normalized spacial score (nSPS) is 17.5. The van der Waals surface area contributed by atoms with Crippen molar-refractivity contribution < 1.29 is 14.3 Å². The minimum atomic E-state index is -0.632. The molecule has 1 aliphatic rings. The number of carbonyl (C=O) groups is 2. The third-order valence-corrected chi connectivity index (χ3v) is 11.8. The Morgan fingerprint density at radius 2 is 1.29 bits per heavy atom. The average Bonchev–Trinajstić information content (AvgIpc) is 3.56. The summed E-state index contributed by atoms with van der Waals surface area (Å²) in [5, 5.41) is 3.80. The van der Waals surface area contributed by atoms with E-state index in [-0.39, 0.29) is 41.3 Å². The average molecular weight is 720 g/mol. The third kappa shape index (κ3) is 9.47. The van der Waals surface area contributed by atoms with Gasteiger partial charge < -0.3 is 19.9 Å². The highest BCUT2D eigenvalue weighted by atomic mass is 32.2. The number of hydrogen-bond acceptors (Lipinski definition) is 5. The molecule has 52 heavy (non-hydrogen) atoms. The van der Waals surface area contributed by atoms with Gasteiger partial charge in [-0.3, -0.25) is 4.79 Å². The van der Waals surface area contributed by atoms with Crippen molar-refractivity contribution in [3.8, 4) is 0 Å². The largest absolute Gasteiger partial charge is 0.444 e. The van der Waals surface area contributed by atoms with Gasteiger partial charge in [-0.1, -0.05) is 142 Å². The van der Waals surface area contributed by atoms with Crippen LogP contribution in [0.3, 0.4) is 0 Å². The molecular weight excluding hydrogens is 663 g/mol. The molecule has 7 heteroatoms. The molecule has 6 nitrogen and oxygen atoms in total. The zero-order chi connectivity index (χ0) is 37.3. The predicted molar refractivity (Wildman–Crippen MR) is 215 cm³/mol. The first-order chi connectivity index (χ1) is 24.9. The van der Waals surface area contributed by atoms with Crippen LogP contribution in [0.1, 0.15) is 83.6 Å². The minimum absolute atomic E-state index is 0.0358. The van der Waals surface area contributed by atoms with E-state index in [4.69, 9.17) is 4.74 Å². The molecule has 276 valence electrons. The molecule has 1 heterocycles. The Morgan fingerprint density at radius 3 is 1.73 bits per heavy atom. The van der Waals surface area contributed by atoms with Gasteiger partial charge in [0.1, 0.15) is 5.60 Å². The lowest BCUT2D eigenvalue weighted by molar-refractivity contribution is -0.137. The van der Waals surface area contributed by atoms with Crippen molar-refractivity contribution in [1.29, 1.82) is 0 Å². The van der Waals surface area contributed by atoms with Gasteiger partial charge in [0.25, 0.3) is 0 Å². The Labute approximate surface area is 316 Å². The second kappa shape index (κ2) is 17.6. The fourth-order valence-corrected chi connectivity index (χ4v) is 9.04. The Kier molecular flexibility index (Phi) is 13.3. The van der Waals surface area contributed by atoms with Crippen molar-refractivity contribution in [2.24, 2.45) is 5.92 Å². The maximum atomic E-state index is 14.4. The van der Waals surface area contributed by atoms with E-state index in [0.29, 0.717) is 19.6 Å². The summed E-state index contributed by atoms with van der Waals surface area (Å²) in [6.45, 7) is 15.8. The van der Waals surface area contributed by atoms with E-state index in [9.17, 15) is 9.59 Å². The number of hydrogen-bond donors (Lipinski definition) is 1. The molecule has 0 saturated carbocycles. The van der Waals surface area contributed by atoms with Crippen LogP contribution in [0.25, 0.3) is 0 Å². The Morgan fingerprint density at radius 1 is 0.808 bits per heavy atom. The zero-order valence-electron chi connectivity index (χ0n) is 32.0. The first-order valence-corrected chi connectivity index (χ1v) is 19.7. The summed E-state index contributed by atoms with van der Waals surface area (Å²) in [6.07, 6.45) is 1.30. The summed E-state index contributed by atoms with van der Waals surface area (Å²) >= 11 is 1.91. The smallest absolute Gasteiger partial charge is 0.410 e. The molecule has 1 saturated heterocycles. The Hall–Kier alpha value is -4.07. The molecule has 0 radical (unpaired) electrons. The Balaban J connectivity index is 1.47. The van der Waals surface area contributed by atoms with E-state index in [2.05, 4.69) is 136 Å². The number of nitrogens with one attached hydrogen (secondary N) is 1. The van der Waals surface area contributed by atoms with Gasteiger partial charge in [0, 0.05) is 37.0 Å². The van der Waals surface area contributed by atoms with E-state index in [1.807, 2.05) is 60.5 Å². The molecule has 4 aromatic rings. The predicted octanol–water partition coefficient (Wildman–Crippen LogP) is 9.53. The van der Waals surface area contributed by atoms with Crippen LogP contribution in [0.15, 0.2) is 121 Å². The first kappa shape index (κ1) is 39.1. The highest BCUT2D eigenvalue weighted by Gasteiger charge is 2.45. The maximum Gasteiger partial charge on any atom is 0.410 e. The number of thioether (sulfide) groups is 1. The van der Waals surface area contributed by atoms with Crippen LogP contribution >= 0.6 is 11.8 Å². The lowest BCUT2D eigenvalue weighted by Crippen LogP contribution is -2.54. The number of amides is 2. The van der Waals surface area contributed by atoms with Crippen LogP contribution in [0.4, 0.5) is 4.79 Å². The fourth-order valence-electron chi connectivity index (χ4n) is 7.17. The molecule has 1 aliphatic heterocycles. The van der Waals surface area contributed by atoms with E-state index >= 15 is 0 Å². The molecule has 0 bridgehead atoms. The van der Waals surface area contributed by atoms with Gasteiger partial charge in [-0.25, -0.2) is 4.79 Å². The van der Waals surface area contributed by atoms with E-state index < -0.39 is 10.3 Å². The van der Waals surface area contributed by atoms with E-state index in [0.717, 1.165) is 18.4 Å². The number of ether oxygens (including phenoxy) is 1. The Bertz CT molecular complexity index is 1600. The number of nitrogens with zero attached hydrogens (tertiary/aromatic N) is 2. The monoisotopic (exact) mass is 719 g/mol. The molecule has 2 amide bonds. The van der Waals surface area contributed by atoms with Gasteiger partial charge in [-0.15, -0.1) is 11.8 Å². The molecule has 4 atom stereocenters. The van der Waals surface area contributed by atoms with Crippen molar-refractivity contribution in [1.82, 2.24) is 15.1 Å². The highest BCUT2D eigenvalue weighted by molar-refractivity contribution is 8.01. The van der Waals surface area contributed by atoms with Gasteiger partial charge in [0.2, 0.25) is 5.91 Å². The number of rotatable bonds is 14. The molecular formula is C45H57N3O3S. The van der Waals surface area contributed by atoms with Crippen LogP contribution < -0.4 is 5.32 Å². The van der Waals surface area contributed by atoms with Gasteiger partial charge in [-0.2, -0.15) is 0 Å². The summed E-state index contributed by atoms with van der Waals surface area (Å²) in [4.78, 5) is 32.2. The van der Waals surface area contributed by atoms with Gasteiger partial charge in [0.15, 0.2) is 0 Å². The van der Waals surface area contributed by atoms with Crippen molar-refractivity contribution >= 4 is 23.8 Å². The number of benzene rings is 4. The van der Waals surface area contributed by atoms with Gasteiger partial charge in [-0.05, 0) is 69.2 Å². The SMILES string of the molecule is CC[C@H](C)[C@H](NC[C@H]1C[C@@H](SC(c2ccccc2)(c2ccccc2)c2ccccc2)CN1C(=O)OC(C)(C)C)C(=O)N(Cc1ccccc1)C(C)C. The molecule has 0 aliphatic carbocycles. The molecule has 5 rings (SSSR count). The second-order valence-corrected chi connectivity index (χ2v) is 16.9. The maximum absolute atomic E-state index is 14.4. The topological polar surface area (TPSA) is 61.9 Å². The van der Waals surface area contributed by atoms with Crippen LogP contribution in [0.5, 0.6) is 0 Å². The van der Waals surface area contributed by atoms with Crippen LogP contribution in [0.2, 0.25) is 0 Å². The second-order valence-electron chi connectivity index (χ2n) is 15.4. The lowest BCUT2D eigenvalue weighted by Gasteiger charge is -2.37. The van der Waals surface area contributed by atoms with Crippen molar-refractivity contribution in [2.45, 2.75) is 102 Å². The van der Waals surface area contributed by atoms with Crippen LogP contribution in [0, 0.1) is 5.92 Å². The van der Waals surface area contributed by atoms with E-state index in [1.54, 1.807) is 0 Å². The molecule has 0 aromatic heterocycles. The summed E-state index contributed by atoms with van der Waals surface area (Å²) < 4.78 is 5.50. The lowest BCUT2D eigenvalue weighted by atomic mass is 9.84. The summed E-state index contributed by atoms with van der Waals surface area (Å²) in [5.41, 5.74) is 4.05. The minimum Gasteiger partial charge on any atom is -0.444 e. The van der Waals surface area contributed by atoms with E-state index in [1.165, 1.54) is 16.7 Å². The quantitative estimate of drug-likeness (QED) is 0.132. The summed E-state index contributed by atoms with van der Waals surface area (Å²) in [7, 11) is 0. The van der Waals surface area contributed by atoms with Gasteiger partial charge in [0.05, 0.1) is 10.8 Å². The molecule has 1 N–H and O–H groups in total. The third-order valence-electron chi connectivity index (χ3n) is 10.0. The molecule has 4 aromatic carbocycles. The van der Waals surface area contributed by atoms with Crippen molar-refractivity contribution in [3.63, 3.8) is 0 Å². The molecule has 1 fully saturated rings. The summed E-state index contributed by atoms with van der Waals surface area (Å²) in [5.74, 6) is 0.199. The zero-order valence-corrected chi connectivity index (χ0v) is 32.8. The number of likely N-dealkylation sites (tertiary alicyclic amines) is 1. The van der Waals surface area contributed by atoms with Crippen LogP contribution in [-0.2, 0) is 20.8 Å². The van der Waals surface area contributed by atoms with Crippen LogP contribution in [-0.4, -0.2) is 63.9 Å². The first-order valence-electron chi connectivity index (χ1n) is 18.8. The highest BCUT2D eigenvalue weighted by Crippen LogP contribution is 2.52. The summed E-state index contributed by atoms with van der Waals surface area (Å²) in [6, 6.07) is 41.8. The van der Waals surface area contributed by atoms with Crippen molar-refractivity contribution in [3.05, 3.63) is 144 Å².